The Hall–Kier alpha value is -1.03. The molecule has 0 aliphatic carbocycles. The Kier molecular flexibility index (Phi) is 7.23. The maximum absolute atomic E-state index is 12.5. The summed E-state index contributed by atoms with van der Waals surface area (Å²) in [7, 11) is 0. The molecule has 120 valence electrons. The fraction of sp³-hybridized carbons (Fsp3) is 0.647. The van der Waals surface area contributed by atoms with E-state index in [1.165, 1.54) is 25.7 Å². The number of alkyl halides is 3. The van der Waals surface area contributed by atoms with Gasteiger partial charge in [-0.3, -0.25) is 0 Å². The number of rotatable bonds is 8. The number of nitrogens with one attached hydrogen (secondary N) is 1. The highest BCUT2D eigenvalue weighted by molar-refractivity contribution is 5.26. The number of hydrogen-bond donors (Lipinski definition) is 1. The first-order valence-corrected chi connectivity index (χ1v) is 7.77. The molecule has 0 fully saturated rings. The van der Waals surface area contributed by atoms with E-state index in [1.54, 1.807) is 12.1 Å². The first-order valence-electron chi connectivity index (χ1n) is 7.77. The maximum Gasteiger partial charge on any atom is 0.416 e. The second-order valence-electron chi connectivity index (χ2n) is 5.76. The minimum atomic E-state index is -4.26. The number of halogens is 3. The molecule has 21 heavy (non-hydrogen) atoms. The topological polar surface area (TPSA) is 12.0 Å². The van der Waals surface area contributed by atoms with E-state index in [4.69, 9.17) is 0 Å². The van der Waals surface area contributed by atoms with E-state index >= 15 is 0 Å². The second kappa shape index (κ2) is 8.42. The van der Waals surface area contributed by atoms with Crippen LogP contribution in [0.15, 0.2) is 24.3 Å². The predicted octanol–water partition coefficient (Wildman–Crippen LogP) is 5.71. The SMILES string of the molecule is CCCCCCC(C)NC(C)c1ccc(C(F)(F)F)cc1. The van der Waals surface area contributed by atoms with Crippen LogP contribution in [0.3, 0.4) is 0 Å². The van der Waals surface area contributed by atoms with Gasteiger partial charge in [-0.05, 0) is 38.0 Å². The third-order valence-corrected chi connectivity index (χ3v) is 3.76. The Morgan fingerprint density at radius 1 is 1.00 bits per heavy atom. The highest BCUT2D eigenvalue weighted by Crippen LogP contribution is 2.30. The average molecular weight is 301 g/mol. The summed E-state index contributed by atoms with van der Waals surface area (Å²) in [5, 5.41) is 3.45. The van der Waals surface area contributed by atoms with Crippen molar-refractivity contribution in [1.82, 2.24) is 5.32 Å². The quantitative estimate of drug-likeness (QED) is 0.606. The minimum Gasteiger partial charge on any atom is -0.308 e. The normalized spacial score (nSPS) is 15.0. The van der Waals surface area contributed by atoms with E-state index < -0.39 is 11.7 Å². The van der Waals surface area contributed by atoms with Gasteiger partial charge in [0.25, 0.3) is 0 Å². The van der Waals surface area contributed by atoms with Crippen molar-refractivity contribution in [2.24, 2.45) is 0 Å². The van der Waals surface area contributed by atoms with Crippen LogP contribution in [0.2, 0.25) is 0 Å². The molecule has 0 saturated carbocycles. The van der Waals surface area contributed by atoms with E-state index in [1.807, 2.05) is 6.92 Å². The predicted molar refractivity (Wildman–Crippen MR) is 81.2 cm³/mol. The van der Waals surface area contributed by atoms with Gasteiger partial charge in [-0.15, -0.1) is 0 Å². The Morgan fingerprint density at radius 3 is 2.14 bits per heavy atom. The van der Waals surface area contributed by atoms with Crippen LogP contribution in [0.4, 0.5) is 13.2 Å². The van der Waals surface area contributed by atoms with Crippen molar-refractivity contribution in [3.05, 3.63) is 35.4 Å². The molecule has 2 atom stereocenters. The molecule has 0 aliphatic rings. The van der Waals surface area contributed by atoms with Crippen molar-refractivity contribution in [3.63, 3.8) is 0 Å². The van der Waals surface area contributed by atoms with Gasteiger partial charge in [0.15, 0.2) is 0 Å². The number of benzene rings is 1. The molecule has 0 saturated heterocycles. The monoisotopic (exact) mass is 301 g/mol. The van der Waals surface area contributed by atoms with Crippen molar-refractivity contribution >= 4 is 0 Å². The van der Waals surface area contributed by atoms with Crippen LogP contribution in [0.25, 0.3) is 0 Å². The zero-order valence-electron chi connectivity index (χ0n) is 13.1. The van der Waals surface area contributed by atoms with Crippen LogP contribution in [0.1, 0.15) is 70.0 Å². The smallest absolute Gasteiger partial charge is 0.308 e. The lowest BCUT2D eigenvalue weighted by molar-refractivity contribution is -0.137. The third kappa shape index (κ3) is 6.51. The van der Waals surface area contributed by atoms with E-state index in [9.17, 15) is 13.2 Å². The van der Waals surface area contributed by atoms with Crippen LogP contribution in [-0.2, 0) is 6.18 Å². The lowest BCUT2D eigenvalue weighted by Gasteiger charge is -2.21. The molecule has 0 aromatic heterocycles. The van der Waals surface area contributed by atoms with Crippen LogP contribution in [0.5, 0.6) is 0 Å². The summed E-state index contributed by atoms with van der Waals surface area (Å²) in [6.07, 6.45) is 1.77. The lowest BCUT2D eigenvalue weighted by Crippen LogP contribution is -2.28. The molecule has 0 radical (unpaired) electrons. The number of hydrogen-bond acceptors (Lipinski definition) is 1. The van der Waals surface area contributed by atoms with Gasteiger partial charge in [0.1, 0.15) is 0 Å². The fourth-order valence-corrected chi connectivity index (χ4v) is 2.44. The summed E-state index contributed by atoms with van der Waals surface area (Å²) in [5.41, 5.74) is 0.300. The molecule has 0 bridgehead atoms. The molecular weight excluding hydrogens is 275 g/mol. The summed E-state index contributed by atoms with van der Waals surface area (Å²) >= 11 is 0. The zero-order valence-corrected chi connectivity index (χ0v) is 13.1. The molecule has 0 aliphatic heterocycles. The van der Waals surface area contributed by atoms with Gasteiger partial charge >= 0.3 is 6.18 Å². The third-order valence-electron chi connectivity index (χ3n) is 3.76. The van der Waals surface area contributed by atoms with E-state index in [2.05, 4.69) is 19.2 Å². The van der Waals surface area contributed by atoms with E-state index in [0.29, 0.717) is 6.04 Å². The van der Waals surface area contributed by atoms with Crippen molar-refractivity contribution < 1.29 is 13.2 Å². The lowest BCUT2D eigenvalue weighted by atomic mass is 10.0. The Balaban J connectivity index is 2.46. The summed E-state index contributed by atoms with van der Waals surface area (Å²) in [4.78, 5) is 0. The first kappa shape index (κ1) is 18.0. The molecule has 2 unspecified atom stereocenters. The van der Waals surface area contributed by atoms with Crippen molar-refractivity contribution in [2.75, 3.05) is 0 Å². The van der Waals surface area contributed by atoms with Crippen LogP contribution < -0.4 is 5.32 Å². The average Bonchev–Trinajstić information content (AvgIpc) is 2.43. The van der Waals surface area contributed by atoms with Crippen LogP contribution in [0, 0.1) is 0 Å². The molecule has 1 aromatic rings. The molecule has 1 nitrogen and oxygen atoms in total. The first-order chi connectivity index (χ1) is 9.84. The van der Waals surface area contributed by atoms with Gasteiger partial charge in [-0.1, -0.05) is 44.7 Å². The number of unbranched alkanes of at least 4 members (excludes halogenated alkanes) is 3. The van der Waals surface area contributed by atoms with Crippen LogP contribution >= 0.6 is 0 Å². The van der Waals surface area contributed by atoms with E-state index in [-0.39, 0.29) is 6.04 Å². The highest BCUT2D eigenvalue weighted by atomic mass is 19.4. The van der Waals surface area contributed by atoms with Gasteiger partial charge < -0.3 is 5.32 Å². The molecule has 0 amide bonds. The zero-order chi connectivity index (χ0) is 15.9. The highest BCUT2D eigenvalue weighted by Gasteiger charge is 2.30. The molecule has 4 heteroatoms. The van der Waals surface area contributed by atoms with Crippen LogP contribution in [-0.4, -0.2) is 6.04 Å². The standard InChI is InChI=1S/C17H26F3N/c1-4-5-6-7-8-13(2)21-14(3)15-9-11-16(12-10-15)17(18,19)20/h9-14,21H,4-8H2,1-3H3. The summed E-state index contributed by atoms with van der Waals surface area (Å²) in [5.74, 6) is 0. The molecule has 1 rings (SSSR count). The summed E-state index contributed by atoms with van der Waals surface area (Å²) < 4.78 is 37.6. The second-order valence-corrected chi connectivity index (χ2v) is 5.76. The minimum absolute atomic E-state index is 0.0634. The van der Waals surface area contributed by atoms with Gasteiger partial charge in [0, 0.05) is 12.1 Å². The Bertz CT molecular complexity index is 397. The molecular formula is C17H26F3N. The Labute approximate surface area is 125 Å². The van der Waals surface area contributed by atoms with Gasteiger partial charge in [-0.25, -0.2) is 0 Å². The molecule has 1 N–H and O–H groups in total. The summed E-state index contributed by atoms with van der Waals surface area (Å²) in [6.45, 7) is 6.31. The van der Waals surface area contributed by atoms with Crippen molar-refractivity contribution in [2.45, 2.75) is 71.1 Å². The molecule has 0 spiro atoms. The molecule has 0 heterocycles. The Morgan fingerprint density at radius 2 is 1.62 bits per heavy atom. The van der Waals surface area contributed by atoms with Gasteiger partial charge in [0.2, 0.25) is 0 Å². The van der Waals surface area contributed by atoms with E-state index in [0.717, 1.165) is 24.1 Å². The van der Waals surface area contributed by atoms with Gasteiger partial charge in [0.05, 0.1) is 5.56 Å². The maximum atomic E-state index is 12.5. The van der Waals surface area contributed by atoms with Gasteiger partial charge in [-0.2, -0.15) is 13.2 Å². The largest absolute Gasteiger partial charge is 0.416 e. The van der Waals surface area contributed by atoms with Crippen molar-refractivity contribution in [3.8, 4) is 0 Å². The van der Waals surface area contributed by atoms with Crippen molar-refractivity contribution in [1.29, 1.82) is 0 Å². The summed E-state index contributed by atoms with van der Waals surface area (Å²) in [6, 6.07) is 5.86. The molecule has 1 aromatic carbocycles. The fourth-order valence-electron chi connectivity index (χ4n) is 2.44.